The van der Waals surface area contributed by atoms with Gasteiger partial charge < -0.3 is 0 Å². The molecule has 0 saturated heterocycles. The lowest BCUT2D eigenvalue weighted by atomic mass is 9.94. The van der Waals surface area contributed by atoms with Crippen molar-refractivity contribution >= 4 is 11.3 Å². The van der Waals surface area contributed by atoms with Gasteiger partial charge in [-0.15, -0.1) is 17.8 Å². The molecule has 0 N–H and O–H groups in total. The molecule has 1 aromatic heterocycles. The SMILES string of the molecule is C#CC(C)(C)c1cncs1. The predicted octanol–water partition coefficient (Wildman–Crippen LogP) is 2.05. The molecule has 2 heteroatoms. The van der Waals surface area contributed by atoms with Crippen LogP contribution in [0.25, 0.3) is 0 Å². The van der Waals surface area contributed by atoms with Gasteiger partial charge in [0.25, 0.3) is 0 Å². The zero-order chi connectivity index (χ0) is 7.61. The third kappa shape index (κ3) is 1.19. The highest BCUT2D eigenvalue weighted by atomic mass is 32.1. The van der Waals surface area contributed by atoms with E-state index in [-0.39, 0.29) is 5.41 Å². The third-order valence-corrected chi connectivity index (χ3v) is 2.51. The number of thiazole rings is 1. The van der Waals surface area contributed by atoms with Crippen LogP contribution in [0.1, 0.15) is 18.7 Å². The van der Waals surface area contributed by atoms with Crippen molar-refractivity contribution in [2.45, 2.75) is 19.3 Å². The van der Waals surface area contributed by atoms with Gasteiger partial charge >= 0.3 is 0 Å². The highest BCUT2D eigenvalue weighted by Gasteiger charge is 2.17. The molecule has 10 heavy (non-hydrogen) atoms. The van der Waals surface area contributed by atoms with Gasteiger partial charge in [0.05, 0.1) is 10.9 Å². The van der Waals surface area contributed by atoms with Crippen molar-refractivity contribution < 1.29 is 0 Å². The van der Waals surface area contributed by atoms with E-state index in [2.05, 4.69) is 10.9 Å². The fourth-order valence-corrected chi connectivity index (χ4v) is 1.31. The first-order chi connectivity index (χ1) is 4.67. The van der Waals surface area contributed by atoms with Crippen LogP contribution in [0.5, 0.6) is 0 Å². The summed E-state index contributed by atoms with van der Waals surface area (Å²) in [7, 11) is 0. The maximum atomic E-state index is 5.33. The smallest absolute Gasteiger partial charge is 0.0794 e. The molecular weight excluding hydrogens is 142 g/mol. The van der Waals surface area contributed by atoms with E-state index in [1.165, 1.54) is 0 Å². The van der Waals surface area contributed by atoms with Gasteiger partial charge in [-0.1, -0.05) is 5.92 Å². The van der Waals surface area contributed by atoms with Gasteiger partial charge in [0, 0.05) is 11.1 Å². The first-order valence-corrected chi connectivity index (χ1v) is 3.91. The Labute approximate surface area is 65.1 Å². The lowest BCUT2D eigenvalue weighted by Gasteiger charge is -2.12. The molecule has 0 amide bonds. The van der Waals surface area contributed by atoms with Crippen LogP contribution in [-0.2, 0) is 5.41 Å². The second kappa shape index (κ2) is 2.43. The maximum Gasteiger partial charge on any atom is 0.0794 e. The molecule has 1 heterocycles. The van der Waals surface area contributed by atoms with Gasteiger partial charge in [-0.2, -0.15) is 0 Å². The first kappa shape index (κ1) is 7.30. The van der Waals surface area contributed by atoms with Gasteiger partial charge in [0.1, 0.15) is 0 Å². The van der Waals surface area contributed by atoms with E-state index in [0.717, 1.165) is 4.88 Å². The summed E-state index contributed by atoms with van der Waals surface area (Å²) in [5, 5.41) is 0. The van der Waals surface area contributed by atoms with Crippen LogP contribution in [0.15, 0.2) is 11.7 Å². The van der Waals surface area contributed by atoms with E-state index in [4.69, 9.17) is 6.42 Å². The Hall–Kier alpha value is -0.810. The molecule has 0 bridgehead atoms. The Bertz CT molecular complexity index is 241. The lowest BCUT2D eigenvalue weighted by Crippen LogP contribution is -2.11. The van der Waals surface area contributed by atoms with Crippen LogP contribution in [0.2, 0.25) is 0 Å². The largest absolute Gasteiger partial charge is 0.253 e. The number of hydrogen-bond acceptors (Lipinski definition) is 2. The molecular formula is C8H9NS. The highest BCUT2D eigenvalue weighted by molar-refractivity contribution is 7.09. The molecule has 0 aliphatic carbocycles. The Morgan fingerprint density at radius 1 is 1.70 bits per heavy atom. The van der Waals surface area contributed by atoms with Crippen LogP contribution in [0.4, 0.5) is 0 Å². The molecule has 0 aromatic carbocycles. The summed E-state index contributed by atoms with van der Waals surface area (Å²) >= 11 is 1.60. The fourth-order valence-electron chi connectivity index (χ4n) is 0.596. The highest BCUT2D eigenvalue weighted by Crippen LogP contribution is 2.24. The average Bonchev–Trinajstić information content (AvgIpc) is 2.38. The van der Waals surface area contributed by atoms with Crippen LogP contribution in [0, 0.1) is 12.3 Å². The number of aromatic nitrogens is 1. The molecule has 1 nitrogen and oxygen atoms in total. The summed E-state index contributed by atoms with van der Waals surface area (Å²) in [5.41, 5.74) is 1.65. The molecule has 1 aromatic rings. The summed E-state index contributed by atoms with van der Waals surface area (Å²) in [6.07, 6.45) is 7.15. The molecule has 0 aliphatic rings. The minimum Gasteiger partial charge on any atom is -0.253 e. The van der Waals surface area contributed by atoms with Crippen molar-refractivity contribution in [3.05, 3.63) is 16.6 Å². The quantitative estimate of drug-likeness (QED) is 0.560. The zero-order valence-corrected chi connectivity index (χ0v) is 6.90. The summed E-state index contributed by atoms with van der Waals surface area (Å²) in [5.74, 6) is 2.71. The van der Waals surface area contributed by atoms with Gasteiger partial charge in [-0.3, -0.25) is 4.98 Å². The molecule has 0 atom stereocenters. The van der Waals surface area contributed by atoms with Crippen LogP contribution >= 0.6 is 11.3 Å². The number of rotatable bonds is 1. The second-order valence-corrected chi connectivity index (χ2v) is 3.52. The average molecular weight is 151 g/mol. The molecule has 0 spiro atoms. The number of hydrogen-bond donors (Lipinski definition) is 0. The summed E-state index contributed by atoms with van der Waals surface area (Å²) in [4.78, 5) is 5.11. The number of nitrogens with zero attached hydrogens (tertiary/aromatic N) is 1. The van der Waals surface area contributed by atoms with E-state index in [1.807, 2.05) is 20.0 Å². The Morgan fingerprint density at radius 3 is 2.80 bits per heavy atom. The van der Waals surface area contributed by atoms with E-state index < -0.39 is 0 Å². The third-order valence-electron chi connectivity index (χ3n) is 1.41. The van der Waals surface area contributed by atoms with Gasteiger partial charge in [-0.25, -0.2) is 0 Å². The normalized spacial score (nSPS) is 10.9. The fraction of sp³-hybridized carbons (Fsp3) is 0.375. The van der Waals surface area contributed by atoms with Crippen molar-refractivity contribution in [1.29, 1.82) is 0 Å². The van der Waals surface area contributed by atoms with Gasteiger partial charge in [0.2, 0.25) is 0 Å². The summed E-state index contributed by atoms with van der Waals surface area (Å²) in [6, 6.07) is 0. The van der Waals surface area contributed by atoms with E-state index in [9.17, 15) is 0 Å². The minimum atomic E-state index is -0.152. The minimum absolute atomic E-state index is 0.152. The Kier molecular flexibility index (Phi) is 1.78. The maximum absolute atomic E-state index is 5.33. The van der Waals surface area contributed by atoms with Crippen molar-refractivity contribution in [2.24, 2.45) is 0 Å². The Balaban J connectivity index is 2.99. The van der Waals surface area contributed by atoms with Crippen LogP contribution in [-0.4, -0.2) is 4.98 Å². The van der Waals surface area contributed by atoms with Crippen LogP contribution in [0.3, 0.4) is 0 Å². The van der Waals surface area contributed by atoms with Crippen molar-refractivity contribution in [3.63, 3.8) is 0 Å². The van der Waals surface area contributed by atoms with Gasteiger partial charge in [-0.05, 0) is 13.8 Å². The lowest BCUT2D eigenvalue weighted by molar-refractivity contribution is 0.714. The summed E-state index contributed by atoms with van der Waals surface area (Å²) < 4.78 is 0. The second-order valence-electron chi connectivity index (χ2n) is 2.64. The Morgan fingerprint density at radius 2 is 2.40 bits per heavy atom. The van der Waals surface area contributed by atoms with Crippen LogP contribution < -0.4 is 0 Å². The van der Waals surface area contributed by atoms with Crippen molar-refractivity contribution in [3.8, 4) is 12.3 Å². The zero-order valence-electron chi connectivity index (χ0n) is 6.09. The predicted molar refractivity (Wildman–Crippen MR) is 44.0 cm³/mol. The molecule has 0 aliphatic heterocycles. The van der Waals surface area contributed by atoms with E-state index >= 15 is 0 Å². The molecule has 0 fully saturated rings. The standard InChI is InChI=1S/C8H9NS/c1-4-8(2,3)7-5-9-6-10-7/h1,5-6H,2-3H3. The molecule has 1 rings (SSSR count). The van der Waals surface area contributed by atoms with Crippen molar-refractivity contribution in [2.75, 3.05) is 0 Å². The molecule has 0 unspecified atom stereocenters. The molecule has 0 radical (unpaired) electrons. The van der Waals surface area contributed by atoms with E-state index in [0.29, 0.717) is 0 Å². The molecule has 52 valence electrons. The van der Waals surface area contributed by atoms with Gasteiger partial charge in [0.15, 0.2) is 0 Å². The summed E-state index contributed by atoms with van der Waals surface area (Å²) in [6.45, 7) is 4.03. The molecule has 0 saturated carbocycles. The monoisotopic (exact) mass is 151 g/mol. The first-order valence-electron chi connectivity index (χ1n) is 3.03. The van der Waals surface area contributed by atoms with E-state index in [1.54, 1.807) is 16.8 Å². The number of terminal acetylenes is 1. The van der Waals surface area contributed by atoms with Crippen molar-refractivity contribution in [1.82, 2.24) is 4.98 Å². The topological polar surface area (TPSA) is 12.9 Å².